The van der Waals surface area contributed by atoms with E-state index in [9.17, 15) is 4.79 Å². The molecule has 0 N–H and O–H groups in total. The van der Waals surface area contributed by atoms with Gasteiger partial charge in [-0.05, 0) is 56.9 Å². The summed E-state index contributed by atoms with van der Waals surface area (Å²) < 4.78 is 7.54. The molecule has 5 heteroatoms. The predicted octanol–water partition coefficient (Wildman–Crippen LogP) is 4.32. The molecule has 0 aliphatic heterocycles. The van der Waals surface area contributed by atoms with Gasteiger partial charge in [-0.25, -0.2) is 4.98 Å². The number of nitrogens with zero attached hydrogens (tertiary/aromatic N) is 3. The monoisotopic (exact) mass is 391 g/mol. The van der Waals surface area contributed by atoms with Gasteiger partial charge in [0.2, 0.25) is 0 Å². The predicted molar refractivity (Wildman–Crippen MR) is 118 cm³/mol. The summed E-state index contributed by atoms with van der Waals surface area (Å²) in [6.45, 7) is 4.92. The third-order valence-corrected chi connectivity index (χ3v) is 6.07. The van der Waals surface area contributed by atoms with Gasteiger partial charge >= 0.3 is 0 Å². The number of fused-ring (bicyclic) bond motifs is 1. The molecule has 1 aromatic heterocycles. The van der Waals surface area contributed by atoms with Crippen LogP contribution in [0.2, 0.25) is 0 Å². The van der Waals surface area contributed by atoms with Crippen molar-refractivity contribution in [1.29, 1.82) is 0 Å². The first-order valence-corrected chi connectivity index (χ1v) is 10.5. The number of benzene rings is 2. The van der Waals surface area contributed by atoms with Crippen molar-refractivity contribution in [2.24, 2.45) is 0 Å². The number of aryl methyl sites for hydroxylation is 1. The van der Waals surface area contributed by atoms with E-state index in [2.05, 4.69) is 18.0 Å². The number of hydrogen-bond donors (Lipinski definition) is 0. The Bertz CT molecular complexity index is 1040. The van der Waals surface area contributed by atoms with Gasteiger partial charge in [0.15, 0.2) is 0 Å². The summed E-state index contributed by atoms with van der Waals surface area (Å²) in [5.41, 5.74) is 2.87. The second kappa shape index (κ2) is 8.37. The van der Waals surface area contributed by atoms with Crippen LogP contribution in [0, 0.1) is 6.92 Å². The minimum atomic E-state index is -0.200. The summed E-state index contributed by atoms with van der Waals surface area (Å²) in [5, 5.41) is 0.664. The Kier molecular flexibility index (Phi) is 5.67. The van der Waals surface area contributed by atoms with Crippen LogP contribution in [0.1, 0.15) is 43.6 Å². The molecule has 1 atom stereocenters. The lowest BCUT2D eigenvalue weighted by molar-refractivity contribution is 0.123. The average Bonchev–Trinajstić information content (AvgIpc) is 2.69. The normalized spacial score (nSPS) is 15.3. The summed E-state index contributed by atoms with van der Waals surface area (Å²) in [7, 11) is 2.12. The number of rotatable bonds is 7. The van der Waals surface area contributed by atoms with Crippen molar-refractivity contribution in [1.82, 2.24) is 9.55 Å². The van der Waals surface area contributed by atoms with Crippen LogP contribution < -0.4 is 10.5 Å². The Hall–Kier alpha value is -2.66. The smallest absolute Gasteiger partial charge is 0.262 e. The third kappa shape index (κ3) is 3.79. The molecule has 152 valence electrons. The van der Waals surface area contributed by atoms with Crippen LogP contribution in [0.25, 0.3) is 10.9 Å². The van der Waals surface area contributed by atoms with E-state index in [1.807, 2.05) is 56.3 Å². The van der Waals surface area contributed by atoms with E-state index < -0.39 is 0 Å². The molecule has 5 nitrogen and oxygen atoms in total. The van der Waals surface area contributed by atoms with Gasteiger partial charge in [-0.2, -0.15) is 0 Å². The maximum absolute atomic E-state index is 13.6. The van der Waals surface area contributed by atoms with Gasteiger partial charge in [-0.15, -0.1) is 0 Å². The molecule has 1 saturated carbocycles. The van der Waals surface area contributed by atoms with Gasteiger partial charge < -0.3 is 9.64 Å². The minimum absolute atomic E-state index is 0.00934. The molecule has 0 bridgehead atoms. The topological polar surface area (TPSA) is 47.4 Å². The number of ether oxygens (including phenoxy) is 1. The van der Waals surface area contributed by atoms with Crippen LogP contribution in [-0.4, -0.2) is 35.9 Å². The van der Waals surface area contributed by atoms with Gasteiger partial charge in [0.25, 0.3) is 5.56 Å². The summed E-state index contributed by atoms with van der Waals surface area (Å²) in [6, 6.07) is 16.5. The second-order valence-corrected chi connectivity index (χ2v) is 7.82. The standard InChI is InChI=1S/C24H29N3O2/c1-4-29-16-23(18-9-6-5-7-10-18)27-17(2)25-22-14-13-20(15-21(22)24(27)28)26(3)19-11-8-12-19/h5-7,9-10,13-15,19,23H,4,8,11-12,16H2,1-3H3/t23-/m1/s1. The molecular weight excluding hydrogens is 362 g/mol. The molecule has 1 fully saturated rings. The van der Waals surface area contributed by atoms with Crippen molar-refractivity contribution in [3.63, 3.8) is 0 Å². The first-order chi connectivity index (χ1) is 14.1. The van der Waals surface area contributed by atoms with E-state index in [1.54, 1.807) is 4.57 Å². The molecule has 0 saturated heterocycles. The fourth-order valence-electron chi connectivity index (χ4n) is 4.09. The first kappa shape index (κ1) is 19.6. The molecule has 0 unspecified atom stereocenters. The van der Waals surface area contributed by atoms with Gasteiger partial charge in [0, 0.05) is 25.4 Å². The summed E-state index contributed by atoms with van der Waals surface area (Å²) >= 11 is 0. The molecular formula is C24H29N3O2. The zero-order valence-electron chi connectivity index (χ0n) is 17.5. The SMILES string of the molecule is CCOC[C@H](c1ccccc1)n1c(C)nc2ccc(N(C)C3CCC3)cc2c1=O. The fourth-order valence-corrected chi connectivity index (χ4v) is 4.09. The Morgan fingerprint density at radius 2 is 1.97 bits per heavy atom. The molecule has 1 aliphatic carbocycles. The lowest BCUT2D eigenvalue weighted by Crippen LogP contribution is -2.37. The molecule has 3 aromatic rings. The van der Waals surface area contributed by atoms with Crippen molar-refractivity contribution < 1.29 is 4.74 Å². The maximum Gasteiger partial charge on any atom is 0.262 e. The minimum Gasteiger partial charge on any atom is -0.379 e. The lowest BCUT2D eigenvalue weighted by atomic mass is 9.91. The van der Waals surface area contributed by atoms with Crippen molar-refractivity contribution in [2.75, 3.05) is 25.2 Å². The summed E-state index contributed by atoms with van der Waals surface area (Å²) in [5.74, 6) is 0.705. The highest BCUT2D eigenvalue weighted by Gasteiger charge is 2.24. The third-order valence-electron chi connectivity index (χ3n) is 6.07. The first-order valence-electron chi connectivity index (χ1n) is 10.5. The Morgan fingerprint density at radius 3 is 2.62 bits per heavy atom. The number of hydrogen-bond acceptors (Lipinski definition) is 4. The van der Waals surface area contributed by atoms with Crippen LogP contribution in [0.15, 0.2) is 53.3 Å². The zero-order valence-corrected chi connectivity index (χ0v) is 17.5. The zero-order chi connectivity index (χ0) is 20.4. The molecule has 4 rings (SSSR count). The summed E-state index contributed by atoms with van der Waals surface area (Å²) in [6.07, 6.45) is 3.72. The highest BCUT2D eigenvalue weighted by atomic mass is 16.5. The molecule has 0 amide bonds. The number of aromatic nitrogens is 2. The van der Waals surface area contributed by atoms with Crippen molar-refractivity contribution >= 4 is 16.6 Å². The van der Waals surface area contributed by atoms with Crippen LogP contribution in [0.5, 0.6) is 0 Å². The number of anilines is 1. The summed E-state index contributed by atoms with van der Waals surface area (Å²) in [4.78, 5) is 20.7. The van der Waals surface area contributed by atoms with Crippen LogP contribution in [0.4, 0.5) is 5.69 Å². The molecule has 1 aliphatic rings. The van der Waals surface area contributed by atoms with Gasteiger partial charge in [-0.3, -0.25) is 9.36 Å². The molecule has 0 spiro atoms. The van der Waals surface area contributed by atoms with E-state index in [0.717, 1.165) is 16.8 Å². The lowest BCUT2D eigenvalue weighted by Gasteiger charge is -2.36. The Balaban J connectivity index is 1.82. The second-order valence-electron chi connectivity index (χ2n) is 7.82. The van der Waals surface area contributed by atoms with E-state index in [1.165, 1.54) is 19.3 Å². The van der Waals surface area contributed by atoms with Crippen LogP contribution in [-0.2, 0) is 4.74 Å². The highest BCUT2D eigenvalue weighted by Crippen LogP contribution is 2.29. The quantitative estimate of drug-likeness (QED) is 0.602. The van der Waals surface area contributed by atoms with Crippen molar-refractivity contribution in [3.05, 3.63) is 70.3 Å². The molecule has 29 heavy (non-hydrogen) atoms. The fraction of sp³-hybridized carbons (Fsp3) is 0.417. The molecule has 0 radical (unpaired) electrons. The van der Waals surface area contributed by atoms with E-state index in [4.69, 9.17) is 9.72 Å². The van der Waals surface area contributed by atoms with Gasteiger partial charge in [-0.1, -0.05) is 30.3 Å². The highest BCUT2D eigenvalue weighted by molar-refractivity contribution is 5.82. The van der Waals surface area contributed by atoms with E-state index in [-0.39, 0.29) is 11.6 Å². The van der Waals surface area contributed by atoms with E-state index >= 15 is 0 Å². The largest absolute Gasteiger partial charge is 0.379 e. The Morgan fingerprint density at radius 1 is 1.21 bits per heavy atom. The molecule has 2 aromatic carbocycles. The van der Waals surface area contributed by atoms with Gasteiger partial charge in [0.1, 0.15) is 5.82 Å². The average molecular weight is 392 g/mol. The maximum atomic E-state index is 13.6. The van der Waals surface area contributed by atoms with Crippen LogP contribution in [0.3, 0.4) is 0 Å². The Labute approximate surface area is 171 Å². The van der Waals surface area contributed by atoms with Crippen LogP contribution >= 0.6 is 0 Å². The molecule has 1 heterocycles. The van der Waals surface area contributed by atoms with Gasteiger partial charge in [0.05, 0.1) is 23.6 Å². The van der Waals surface area contributed by atoms with E-state index in [0.29, 0.717) is 30.5 Å². The van der Waals surface area contributed by atoms with Crippen molar-refractivity contribution in [2.45, 2.75) is 45.2 Å². The van der Waals surface area contributed by atoms with Crippen molar-refractivity contribution in [3.8, 4) is 0 Å².